The third-order valence-corrected chi connectivity index (χ3v) is 5.79. The first kappa shape index (κ1) is 22.0. The molecule has 0 atom stereocenters. The zero-order chi connectivity index (χ0) is 21.6. The first-order valence-electron chi connectivity index (χ1n) is 10.1. The van der Waals surface area contributed by atoms with Gasteiger partial charge in [0.15, 0.2) is 5.52 Å². The van der Waals surface area contributed by atoms with Crippen LogP contribution in [0.1, 0.15) is 5.56 Å². The van der Waals surface area contributed by atoms with Crippen LogP contribution < -0.4 is 10.9 Å². The predicted molar refractivity (Wildman–Crippen MR) is 120 cm³/mol. The maximum absolute atomic E-state index is 12.6. The molecule has 0 unspecified atom stereocenters. The number of halogens is 2. The van der Waals surface area contributed by atoms with Gasteiger partial charge in [-0.05, 0) is 17.7 Å². The highest BCUT2D eigenvalue weighted by Crippen LogP contribution is 2.22. The number of H-pyrrole nitrogens is 1. The number of hydrogen-bond donors (Lipinski definition) is 2. The number of rotatable bonds is 9. The Morgan fingerprint density at radius 2 is 1.97 bits per heavy atom. The third-order valence-electron chi connectivity index (χ3n) is 5.05. The van der Waals surface area contributed by atoms with E-state index in [1.165, 1.54) is 0 Å². The van der Waals surface area contributed by atoms with Crippen LogP contribution in [0.25, 0.3) is 11.0 Å². The van der Waals surface area contributed by atoms with Gasteiger partial charge in [0, 0.05) is 26.2 Å². The summed E-state index contributed by atoms with van der Waals surface area (Å²) in [4.78, 5) is 22.1. The number of aromatic nitrogens is 4. The maximum atomic E-state index is 12.6. The number of nitrogens with one attached hydrogen (secondary N) is 2. The van der Waals surface area contributed by atoms with E-state index in [0.29, 0.717) is 53.3 Å². The molecule has 1 saturated heterocycles. The summed E-state index contributed by atoms with van der Waals surface area (Å²) in [6.45, 7) is 6.33. The SMILES string of the molecule is O=c1[nH]c(NCc2ccc(Cl)c(Cl)c2)nc2cnn(CCOCCN3CCOCC3)c12. The number of anilines is 1. The van der Waals surface area contributed by atoms with Crippen LogP contribution in [-0.2, 0) is 22.6 Å². The maximum Gasteiger partial charge on any atom is 0.278 e. The fourth-order valence-corrected chi connectivity index (χ4v) is 3.69. The van der Waals surface area contributed by atoms with Gasteiger partial charge < -0.3 is 14.8 Å². The van der Waals surface area contributed by atoms with Crippen LogP contribution >= 0.6 is 23.2 Å². The summed E-state index contributed by atoms with van der Waals surface area (Å²) in [6, 6.07) is 5.35. The molecular weight excluding hydrogens is 443 g/mol. The summed E-state index contributed by atoms with van der Waals surface area (Å²) in [5.41, 5.74) is 1.61. The lowest BCUT2D eigenvalue weighted by Crippen LogP contribution is -2.38. The minimum absolute atomic E-state index is 0.257. The Hall–Kier alpha value is -2.17. The van der Waals surface area contributed by atoms with E-state index in [1.807, 2.05) is 6.07 Å². The lowest BCUT2D eigenvalue weighted by atomic mass is 10.2. The molecule has 3 heterocycles. The van der Waals surface area contributed by atoms with Crippen molar-refractivity contribution in [2.45, 2.75) is 13.1 Å². The Labute approximate surface area is 189 Å². The fraction of sp³-hybridized carbons (Fsp3) is 0.450. The minimum Gasteiger partial charge on any atom is -0.379 e. The molecule has 1 fully saturated rings. The van der Waals surface area contributed by atoms with Crippen LogP contribution in [0.15, 0.2) is 29.2 Å². The second-order valence-corrected chi connectivity index (χ2v) is 8.00. The van der Waals surface area contributed by atoms with E-state index < -0.39 is 0 Å². The predicted octanol–water partition coefficient (Wildman–Crippen LogP) is 2.39. The van der Waals surface area contributed by atoms with Crippen LogP contribution in [0.2, 0.25) is 10.0 Å². The molecule has 0 bridgehead atoms. The number of hydrogen-bond acceptors (Lipinski definition) is 7. The number of nitrogens with zero attached hydrogens (tertiary/aromatic N) is 4. The quantitative estimate of drug-likeness (QED) is 0.467. The summed E-state index contributed by atoms with van der Waals surface area (Å²) >= 11 is 12.0. The Morgan fingerprint density at radius 1 is 1.16 bits per heavy atom. The van der Waals surface area contributed by atoms with E-state index in [1.54, 1.807) is 23.0 Å². The molecule has 0 amide bonds. The van der Waals surface area contributed by atoms with Crippen molar-refractivity contribution < 1.29 is 9.47 Å². The first-order chi connectivity index (χ1) is 15.1. The van der Waals surface area contributed by atoms with Crippen molar-refractivity contribution in [1.29, 1.82) is 0 Å². The average Bonchev–Trinajstić information content (AvgIpc) is 3.18. The molecule has 2 N–H and O–H groups in total. The molecule has 1 aromatic carbocycles. The second kappa shape index (κ2) is 10.4. The van der Waals surface area contributed by atoms with Gasteiger partial charge in [0.05, 0.1) is 49.2 Å². The molecular formula is C20H24Cl2N6O3. The standard InChI is InChI=1S/C20H24Cl2N6O3/c21-15-2-1-14(11-16(15)22)12-23-20-25-17-13-24-28(18(17)19(29)26-20)6-10-31-9-5-27-3-7-30-8-4-27/h1-2,11,13H,3-10,12H2,(H2,23,25,26,29). The van der Waals surface area contributed by atoms with E-state index in [2.05, 4.69) is 25.3 Å². The summed E-state index contributed by atoms with van der Waals surface area (Å²) < 4.78 is 12.7. The molecule has 0 aliphatic carbocycles. The van der Waals surface area contributed by atoms with Crippen LogP contribution in [-0.4, -0.2) is 70.7 Å². The van der Waals surface area contributed by atoms with Crippen molar-refractivity contribution >= 4 is 40.2 Å². The Kier molecular flexibility index (Phi) is 7.41. The summed E-state index contributed by atoms with van der Waals surface area (Å²) in [5.74, 6) is 0.366. The third kappa shape index (κ3) is 5.75. The van der Waals surface area contributed by atoms with Crippen molar-refractivity contribution in [2.75, 3.05) is 51.4 Å². The zero-order valence-electron chi connectivity index (χ0n) is 16.9. The highest BCUT2D eigenvalue weighted by molar-refractivity contribution is 6.42. The molecule has 0 spiro atoms. The largest absolute Gasteiger partial charge is 0.379 e. The molecule has 166 valence electrons. The summed E-state index contributed by atoms with van der Waals surface area (Å²) in [5, 5.41) is 8.36. The molecule has 0 saturated carbocycles. The highest BCUT2D eigenvalue weighted by Gasteiger charge is 2.12. The van der Waals surface area contributed by atoms with Gasteiger partial charge in [0.1, 0.15) is 5.52 Å². The number of ether oxygens (including phenoxy) is 2. The summed E-state index contributed by atoms with van der Waals surface area (Å²) in [7, 11) is 0. The molecule has 31 heavy (non-hydrogen) atoms. The number of benzene rings is 1. The number of fused-ring (bicyclic) bond motifs is 1. The van der Waals surface area contributed by atoms with Crippen molar-refractivity contribution in [3.05, 3.63) is 50.4 Å². The molecule has 0 radical (unpaired) electrons. The fourth-order valence-electron chi connectivity index (χ4n) is 3.37. The van der Waals surface area contributed by atoms with Crippen LogP contribution in [0.3, 0.4) is 0 Å². The lowest BCUT2D eigenvalue weighted by Gasteiger charge is -2.26. The van der Waals surface area contributed by atoms with Gasteiger partial charge in [-0.15, -0.1) is 0 Å². The normalized spacial score (nSPS) is 14.9. The number of morpholine rings is 1. The Bertz CT molecular complexity index is 1080. The molecule has 1 aliphatic rings. The van der Waals surface area contributed by atoms with Gasteiger partial charge in [-0.1, -0.05) is 29.3 Å². The van der Waals surface area contributed by atoms with E-state index in [-0.39, 0.29) is 5.56 Å². The van der Waals surface area contributed by atoms with Gasteiger partial charge >= 0.3 is 0 Å². The van der Waals surface area contributed by atoms with Crippen molar-refractivity contribution in [2.24, 2.45) is 0 Å². The van der Waals surface area contributed by atoms with Gasteiger partial charge in [-0.25, -0.2) is 4.98 Å². The van der Waals surface area contributed by atoms with Gasteiger partial charge in [-0.2, -0.15) is 5.10 Å². The Balaban J connectivity index is 1.31. The van der Waals surface area contributed by atoms with Crippen molar-refractivity contribution in [3.63, 3.8) is 0 Å². The summed E-state index contributed by atoms with van der Waals surface area (Å²) in [6.07, 6.45) is 1.59. The van der Waals surface area contributed by atoms with Gasteiger partial charge in [0.2, 0.25) is 5.95 Å². The minimum atomic E-state index is -0.257. The van der Waals surface area contributed by atoms with E-state index in [4.69, 9.17) is 32.7 Å². The molecule has 3 aromatic rings. The van der Waals surface area contributed by atoms with E-state index in [9.17, 15) is 4.79 Å². The average molecular weight is 467 g/mol. The topological polar surface area (TPSA) is 97.3 Å². The molecule has 11 heteroatoms. The zero-order valence-corrected chi connectivity index (χ0v) is 18.5. The lowest BCUT2D eigenvalue weighted by molar-refractivity contribution is 0.0194. The molecule has 9 nitrogen and oxygen atoms in total. The van der Waals surface area contributed by atoms with Crippen molar-refractivity contribution in [1.82, 2.24) is 24.6 Å². The highest BCUT2D eigenvalue weighted by atomic mass is 35.5. The molecule has 1 aliphatic heterocycles. The van der Waals surface area contributed by atoms with Gasteiger partial charge in [-0.3, -0.25) is 19.4 Å². The van der Waals surface area contributed by atoms with Crippen LogP contribution in [0.5, 0.6) is 0 Å². The molecule has 4 rings (SSSR count). The van der Waals surface area contributed by atoms with E-state index >= 15 is 0 Å². The van der Waals surface area contributed by atoms with E-state index in [0.717, 1.165) is 38.4 Å². The first-order valence-corrected chi connectivity index (χ1v) is 10.9. The second-order valence-electron chi connectivity index (χ2n) is 7.18. The van der Waals surface area contributed by atoms with Crippen LogP contribution in [0.4, 0.5) is 5.95 Å². The Morgan fingerprint density at radius 3 is 2.77 bits per heavy atom. The van der Waals surface area contributed by atoms with Crippen molar-refractivity contribution in [3.8, 4) is 0 Å². The van der Waals surface area contributed by atoms with Crippen LogP contribution in [0, 0.1) is 0 Å². The monoisotopic (exact) mass is 466 g/mol. The smallest absolute Gasteiger partial charge is 0.278 e. The number of aromatic amines is 1. The van der Waals surface area contributed by atoms with Gasteiger partial charge in [0.25, 0.3) is 5.56 Å². The molecule has 2 aromatic heterocycles.